The molecule has 0 spiro atoms. The van der Waals surface area contributed by atoms with Gasteiger partial charge in [0.15, 0.2) is 0 Å². The summed E-state index contributed by atoms with van der Waals surface area (Å²) < 4.78 is 40.1. The number of halogens is 4. The summed E-state index contributed by atoms with van der Waals surface area (Å²) in [5.41, 5.74) is 9.47. The number of nitrogens with zero attached hydrogens (tertiary/aromatic N) is 4. The molecule has 8 rings (SSSR count). The van der Waals surface area contributed by atoms with E-state index in [4.69, 9.17) is 54.7 Å². The summed E-state index contributed by atoms with van der Waals surface area (Å²) in [6.45, 7) is 4.59. The third-order valence-electron chi connectivity index (χ3n) is 11.0. The number of anilines is 2. The van der Waals surface area contributed by atoms with Crippen molar-refractivity contribution in [2.45, 2.75) is 76.9 Å². The van der Waals surface area contributed by atoms with Gasteiger partial charge < -0.3 is 30.9 Å². The standard InChI is InChI=1S/C25H23ClFN3O2.C21H22ClFN4O.C3H2O2/c1-3-18(31)13-15-6-5-7-20(15)29-25-28-14-17-12-16(8-10-21(17)30-25)23-19(27)9-11-22(24(23)26)32-4-2;1-2-28-18-9-7-14(23)19(20(18)22)12-6-8-16-13(10-12)11-25-21(26-16)27-17-5-3-4-15(17)24;1-2-3(4)5/h1,8-12,14-15,20H,4-7,13H2,2H3,(H,28,29,30);6-11,15,17H,2-5,24H2,1H3,(H,25,26,27);1H,(H,4,5)/t15-,20-;15-,17+;/m10./s1. The first-order valence-corrected chi connectivity index (χ1v) is 21.8. The third kappa shape index (κ3) is 12.0. The molecule has 16 heteroatoms. The van der Waals surface area contributed by atoms with E-state index in [9.17, 15) is 13.6 Å². The number of benzene rings is 4. The zero-order valence-electron chi connectivity index (χ0n) is 35.7. The summed E-state index contributed by atoms with van der Waals surface area (Å²) in [4.78, 5) is 38.8. The molecule has 0 bridgehead atoms. The summed E-state index contributed by atoms with van der Waals surface area (Å²) in [5, 5.41) is 16.2. The monoisotopic (exact) mass is 921 g/mol. The Bertz CT molecular complexity index is 2780. The number of nitrogens with one attached hydrogen (secondary N) is 2. The van der Waals surface area contributed by atoms with Gasteiger partial charge in [0.1, 0.15) is 23.1 Å². The SMILES string of the molecule is C#CC(=O)C[C@H]1CCC[C@H]1Nc1ncc2cc(-c3c(F)ccc(OCC)c3Cl)ccc2n1.C#CC(=O)O.CCOc1ccc(F)c(-c2ccc3nc(N[C@@H]4CCC[C@@H]4N)ncc3c2)c1Cl. The number of aromatic nitrogens is 4. The first kappa shape index (κ1) is 47.9. The van der Waals surface area contributed by atoms with E-state index in [1.165, 1.54) is 24.1 Å². The fourth-order valence-electron chi connectivity index (χ4n) is 7.91. The van der Waals surface area contributed by atoms with E-state index < -0.39 is 17.6 Å². The first-order valence-electron chi connectivity index (χ1n) is 21.1. The molecule has 0 amide bonds. The van der Waals surface area contributed by atoms with Crippen molar-refractivity contribution in [3.8, 4) is 58.4 Å². The van der Waals surface area contributed by atoms with E-state index in [-0.39, 0.29) is 45.4 Å². The van der Waals surface area contributed by atoms with Gasteiger partial charge in [0.25, 0.3) is 0 Å². The van der Waals surface area contributed by atoms with Crippen LogP contribution < -0.4 is 25.8 Å². The topological polar surface area (TPSA) is 174 Å². The number of nitrogens with two attached hydrogens (primary N) is 1. The summed E-state index contributed by atoms with van der Waals surface area (Å²) in [6, 6.07) is 17.1. The Hall–Kier alpha value is -6.58. The molecule has 6 aromatic rings. The molecule has 2 heterocycles. The van der Waals surface area contributed by atoms with Crippen LogP contribution in [0.25, 0.3) is 44.1 Å². The lowest BCUT2D eigenvalue weighted by atomic mass is 9.97. The average molecular weight is 923 g/mol. The van der Waals surface area contributed by atoms with E-state index in [1.807, 2.05) is 38.1 Å². The third-order valence-corrected chi connectivity index (χ3v) is 11.8. The molecule has 0 saturated heterocycles. The van der Waals surface area contributed by atoms with E-state index in [1.54, 1.807) is 30.6 Å². The number of hydrogen-bond donors (Lipinski definition) is 4. The summed E-state index contributed by atoms with van der Waals surface area (Å²) in [5.74, 6) is 3.57. The maximum Gasteiger partial charge on any atom is 0.381 e. The quantitative estimate of drug-likeness (QED) is 0.0677. The molecule has 2 aliphatic carbocycles. The van der Waals surface area contributed by atoms with Gasteiger partial charge in [-0.15, -0.1) is 12.8 Å². The Balaban J connectivity index is 0.000000197. The molecule has 4 aromatic carbocycles. The van der Waals surface area contributed by atoms with Crippen LogP contribution in [0.5, 0.6) is 11.5 Å². The summed E-state index contributed by atoms with van der Waals surface area (Å²) in [7, 11) is 0. The van der Waals surface area contributed by atoms with Gasteiger partial charge in [0, 0.05) is 64.8 Å². The molecule has 2 aliphatic rings. The Kier molecular flexibility index (Phi) is 16.5. The van der Waals surface area contributed by atoms with Crippen molar-refractivity contribution < 1.29 is 33.0 Å². The molecule has 12 nitrogen and oxygen atoms in total. The normalized spacial score (nSPS) is 17.4. The van der Waals surface area contributed by atoms with Crippen LogP contribution in [-0.4, -0.2) is 68.1 Å². The van der Waals surface area contributed by atoms with E-state index in [0.717, 1.165) is 60.3 Å². The van der Waals surface area contributed by atoms with Gasteiger partial charge >= 0.3 is 5.97 Å². The highest BCUT2D eigenvalue weighted by Gasteiger charge is 2.29. The van der Waals surface area contributed by atoms with Crippen molar-refractivity contribution in [3.05, 3.63) is 94.7 Å². The number of carboxylic acids is 1. The number of hydrogen-bond acceptors (Lipinski definition) is 11. The number of rotatable bonds is 12. The lowest BCUT2D eigenvalue weighted by molar-refractivity contribution is -0.130. The minimum Gasteiger partial charge on any atom is -0.492 e. The molecule has 336 valence electrons. The van der Waals surface area contributed by atoms with Crippen LogP contribution in [0.2, 0.25) is 10.0 Å². The molecule has 4 atom stereocenters. The Morgan fingerprint density at radius 1 is 0.754 bits per heavy atom. The van der Waals surface area contributed by atoms with Crippen LogP contribution in [-0.2, 0) is 9.59 Å². The summed E-state index contributed by atoms with van der Waals surface area (Å²) in [6.07, 6.45) is 19.4. The van der Waals surface area contributed by atoms with Crippen LogP contribution in [0, 0.1) is 42.2 Å². The van der Waals surface area contributed by atoms with Crippen molar-refractivity contribution in [2.75, 3.05) is 23.8 Å². The second kappa shape index (κ2) is 22.4. The predicted octanol–water partition coefficient (Wildman–Crippen LogP) is 10.1. The van der Waals surface area contributed by atoms with Gasteiger partial charge in [-0.25, -0.2) is 33.5 Å². The highest BCUT2D eigenvalue weighted by Crippen LogP contribution is 2.40. The molecule has 5 N–H and O–H groups in total. The minimum absolute atomic E-state index is 0.109. The Labute approximate surface area is 385 Å². The first-order chi connectivity index (χ1) is 31.3. The largest absolute Gasteiger partial charge is 0.492 e. The maximum atomic E-state index is 14.6. The van der Waals surface area contributed by atoms with Gasteiger partial charge in [-0.2, -0.15) is 0 Å². The van der Waals surface area contributed by atoms with E-state index in [2.05, 4.69) is 42.9 Å². The van der Waals surface area contributed by atoms with Crippen LogP contribution in [0.4, 0.5) is 20.7 Å². The van der Waals surface area contributed by atoms with Crippen molar-refractivity contribution >= 4 is 68.7 Å². The Morgan fingerprint density at radius 2 is 1.23 bits per heavy atom. The average Bonchev–Trinajstić information content (AvgIpc) is 3.92. The number of ether oxygens (including phenoxy) is 2. The van der Waals surface area contributed by atoms with E-state index in [0.29, 0.717) is 59.7 Å². The number of carbonyl (C=O) groups is 2. The lowest BCUT2D eigenvalue weighted by Gasteiger charge is -2.19. The zero-order chi connectivity index (χ0) is 46.6. The van der Waals surface area contributed by atoms with Crippen LogP contribution in [0.1, 0.15) is 58.8 Å². The predicted molar refractivity (Wildman–Crippen MR) is 251 cm³/mol. The van der Waals surface area contributed by atoms with Crippen LogP contribution in [0.3, 0.4) is 0 Å². The number of fused-ring (bicyclic) bond motifs is 2. The van der Waals surface area contributed by atoms with E-state index >= 15 is 0 Å². The summed E-state index contributed by atoms with van der Waals surface area (Å²) >= 11 is 12.8. The molecule has 0 aliphatic heterocycles. The molecule has 2 saturated carbocycles. The number of carbonyl (C=O) groups excluding carboxylic acids is 1. The molecule has 0 radical (unpaired) electrons. The van der Waals surface area contributed by atoms with Gasteiger partial charge in [0.05, 0.1) is 34.3 Å². The minimum atomic E-state index is -1.22. The smallest absolute Gasteiger partial charge is 0.381 e. The molecule has 65 heavy (non-hydrogen) atoms. The van der Waals surface area contributed by atoms with Gasteiger partial charge in [-0.05, 0) is 117 Å². The lowest BCUT2D eigenvalue weighted by Crippen LogP contribution is -2.35. The molecule has 2 aromatic heterocycles. The molecule has 2 fully saturated rings. The highest BCUT2D eigenvalue weighted by molar-refractivity contribution is 6.35. The van der Waals surface area contributed by atoms with Crippen molar-refractivity contribution in [2.24, 2.45) is 11.7 Å². The number of terminal acetylenes is 2. The number of Topliss-reactive ketones (excluding diaryl/α,β-unsaturated/α-hetero) is 1. The Morgan fingerprint density at radius 3 is 1.68 bits per heavy atom. The van der Waals surface area contributed by atoms with Gasteiger partial charge in [-0.3, -0.25) is 4.79 Å². The number of aliphatic carboxylic acids is 1. The fourth-order valence-corrected chi connectivity index (χ4v) is 8.55. The van der Waals surface area contributed by atoms with Crippen molar-refractivity contribution in [1.82, 2.24) is 19.9 Å². The zero-order valence-corrected chi connectivity index (χ0v) is 37.2. The number of carboxylic acid groups (broad SMARTS) is 1. The number of ketones is 1. The molecular formula is C49H47Cl2F2N7O5. The van der Waals surface area contributed by atoms with Crippen molar-refractivity contribution in [3.63, 3.8) is 0 Å². The molecular weight excluding hydrogens is 875 g/mol. The highest BCUT2D eigenvalue weighted by atomic mass is 35.5. The van der Waals surface area contributed by atoms with Gasteiger partial charge in [0.2, 0.25) is 17.7 Å². The van der Waals surface area contributed by atoms with Crippen molar-refractivity contribution in [1.29, 1.82) is 0 Å². The second-order valence-corrected chi connectivity index (χ2v) is 16.0. The maximum absolute atomic E-state index is 14.6. The van der Waals surface area contributed by atoms with Crippen LogP contribution >= 0.6 is 23.2 Å². The fraction of sp³-hybridized carbons (Fsp3) is 0.306. The van der Waals surface area contributed by atoms with Gasteiger partial charge in [-0.1, -0.05) is 41.8 Å². The van der Waals surface area contributed by atoms with Crippen LogP contribution in [0.15, 0.2) is 73.1 Å². The second-order valence-electron chi connectivity index (χ2n) is 15.3. The molecule has 0 unspecified atom stereocenters.